The molecule has 2 amide bonds. The topological polar surface area (TPSA) is 113 Å². The largest absolute Gasteiger partial charge is 0.478 e. The molecule has 8 nitrogen and oxygen atoms in total. The van der Waals surface area contributed by atoms with Crippen molar-refractivity contribution in [2.24, 2.45) is 0 Å². The zero-order valence-corrected chi connectivity index (χ0v) is 15.6. The van der Waals surface area contributed by atoms with E-state index in [2.05, 4.69) is 10.1 Å². The van der Waals surface area contributed by atoms with Gasteiger partial charge in [0.1, 0.15) is 0 Å². The molecule has 2 aromatic rings. The van der Waals surface area contributed by atoms with Gasteiger partial charge in [-0.2, -0.15) is 0 Å². The smallest absolute Gasteiger partial charge is 0.337 e. The van der Waals surface area contributed by atoms with Crippen LogP contribution in [0, 0.1) is 0 Å². The third-order valence-electron chi connectivity index (χ3n) is 4.05. The van der Waals surface area contributed by atoms with E-state index in [1.54, 1.807) is 24.3 Å². The predicted octanol–water partition coefficient (Wildman–Crippen LogP) is 2.81. The zero-order chi connectivity index (χ0) is 20.3. The van der Waals surface area contributed by atoms with Gasteiger partial charge >= 0.3 is 11.9 Å². The van der Waals surface area contributed by atoms with Crippen LogP contribution in [0.1, 0.15) is 26.3 Å². The van der Waals surface area contributed by atoms with Gasteiger partial charge in [0.05, 0.1) is 24.8 Å². The molecule has 1 heterocycles. The van der Waals surface area contributed by atoms with E-state index in [-0.39, 0.29) is 12.1 Å². The first kappa shape index (κ1) is 19.4. The number of carbonyl (C=O) groups excluding carboxylic acids is 3. The van der Waals surface area contributed by atoms with Crippen LogP contribution >= 0.6 is 11.8 Å². The second-order valence-corrected chi connectivity index (χ2v) is 6.96. The van der Waals surface area contributed by atoms with Crippen molar-refractivity contribution in [1.82, 2.24) is 4.90 Å². The molecule has 9 heteroatoms. The van der Waals surface area contributed by atoms with Gasteiger partial charge in [0.15, 0.2) is 5.37 Å². The van der Waals surface area contributed by atoms with Crippen molar-refractivity contribution in [1.29, 1.82) is 0 Å². The molecule has 0 spiro atoms. The highest BCUT2D eigenvalue weighted by atomic mass is 32.2. The third kappa shape index (κ3) is 4.15. The van der Waals surface area contributed by atoms with E-state index in [1.165, 1.54) is 31.4 Å². The van der Waals surface area contributed by atoms with E-state index in [0.29, 0.717) is 16.8 Å². The molecule has 0 unspecified atom stereocenters. The number of rotatable bonds is 6. The summed E-state index contributed by atoms with van der Waals surface area (Å²) in [4.78, 5) is 48.5. The first-order chi connectivity index (χ1) is 13.4. The summed E-state index contributed by atoms with van der Waals surface area (Å²) in [5, 5.41) is 10.6. The first-order valence-corrected chi connectivity index (χ1v) is 9.06. The van der Waals surface area contributed by atoms with Gasteiger partial charge in [0, 0.05) is 5.69 Å². The van der Waals surface area contributed by atoms with E-state index in [4.69, 9.17) is 5.11 Å². The van der Waals surface area contributed by atoms with Crippen molar-refractivity contribution in [3.05, 3.63) is 65.2 Å². The number of hydrogen-bond acceptors (Lipinski definition) is 7. The lowest BCUT2D eigenvalue weighted by Crippen LogP contribution is -2.34. The summed E-state index contributed by atoms with van der Waals surface area (Å²) in [6, 6.07) is 12.4. The number of nitrogens with one attached hydrogen (secondary N) is 1. The van der Waals surface area contributed by atoms with Crippen LogP contribution in [0.3, 0.4) is 0 Å². The molecule has 2 aromatic carbocycles. The summed E-state index contributed by atoms with van der Waals surface area (Å²) in [6.07, 6.45) is 0. The minimum Gasteiger partial charge on any atom is -0.478 e. The molecule has 0 aromatic heterocycles. The summed E-state index contributed by atoms with van der Waals surface area (Å²) < 4.78 is 4.67. The maximum atomic E-state index is 12.6. The van der Waals surface area contributed by atoms with Crippen LogP contribution in [0.4, 0.5) is 10.5 Å². The lowest BCUT2D eigenvalue weighted by molar-refractivity contribution is -0.126. The number of carboxylic acid groups (broad SMARTS) is 1. The summed E-state index contributed by atoms with van der Waals surface area (Å²) in [5.74, 6) is -1.96. The van der Waals surface area contributed by atoms with Gasteiger partial charge in [-0.15, -0.1) is 0 Å². The molecule has 28 heavy (non-hydrogen) atoms. The van der Waals surface area contributed by atoms with Crippen LogP contribution in [0.15, 0.2) is 48.5 Å². The second kappa shape index (κ2) is 8.13. The van der Waals surface area contributed by atoms with E-state index in [1.807, 2.05) is 0 Å². The number of nitrogens with zero attached hydrogens (tertiary/aromatic N) is 1. The Morgan fingerprint density at radius 3 is 2.50 bits per heavy atom. The Hall–Kier alpha value is -3.33. The number of benzene rings is 2. The molecular weight excluding hydrogens is 384 g/mol. The fourth-order valence-corrected chi connectivity index (χ4v) is 3.54. The number of thioether (sulfide) groups is 1. The molecule has 1 aliphatic heterocycles. The number of imide groups is 1. The number of hydrogen-bond donors (Lipinski definition) is 2. The maximum absolute atomic E-state index is 12.6. The van der Waals surface area contributed by atoms with Crippen LogP contribution in [0.5, 0.6) is 0 Å². The second-order valence-electron chi connectivity index (χ2n) is 5.91. The first-order valence-electron chi connectivity index (χ1n) is 8.18. The van der Waals surface area contributed by atoms with Gasteiger partial charge in [-0.3, -0.25) is 14.5 Å². The standard InChI is InChI=1S/C19H16N2O6S/c1-27-18(25)13-4-2-3-11(9-13)10-21-16(22)15(28-19(21)26)20-14-7-5-12(6-8-14)17(23)24/h2-9,15,20H,10H2,1H3,(H,23,24)/t15-/m0/s1. The van der Waals surface area contributed by atoms with E-state index < -0.39 is 28.5 Å². The summed E-state index contributed by atoms with van der Waals surface area (Å²) in [5.41, 5.74) is 1.61. The van der Waals surface area contributed by atoms with Crippen LogP contribution < -0.4 is 5.32 Å². The maximum Gasteiger partial charge on any atom is 0.337 e. The molecule has 1 aliphatic rings. The van der Waals surface area contributed by atoms with E-state index >= 15 is 0 Å². The van der Waals surface area contributed by atoms with Crippen molar-refractivity contribution in [3.63, 3.8) is 0 Å². The Morgan fingerprint density at radius 2 is 1.86 bits per heavy atom. The van der Waals surface area contributed by atoms with Gasteiger partial charge < -0.3 is 15.2 Å². The van der Waals surface area contributed by atoms with Gasteiger partial charge in [-0.1, -0.05) is 12.1 Å². The number of esters is 1. The number of anilines is 1. The van der Waals surface area contributed by atoms with Crippen LogP contribution in [0.2, 0.25) is 0 Å². The third-order valence-corrected chi connectivity index (χ3v) is 5.02. The summed E-state index contributed by atoms with van der Waals surface area (Å²) in [6.45, 7) is 0.0334. The highest BCUT2D eigenvalue weighted by Crippen LogP contribution is 2.29. The number of methoxy groups -OCH3 is 1. The van der Waals surface area contributed by atoms with E-state index in [0.717, 1.165) is 16.7 Å². The van der Waals surface area contributed by atoms with Gasteiger partial charge in [0.2, 0.25) is 0 Å². The molecule has 0 saturated carbocycles. The van der Waals surface area contributed by atoms with Crippen LogP contribution in [0.25, 0.3) is 0 Å². The molecule has 144 valence electrons. The molecule has 3 rings (SSSR count). The minimum atomic E-state index is -1.05. The molecule has 2 N–H and O–H groups in total. The average Bonchev–Trinajstić information content (AvgIpc) is 2.95. The summed E-state index contributed by atoms with van der Waals surface area (Å²) >= 11 is 0.840. The molecule has 0 radical (unpaired) electrons. The predicted molar refractivity (Wildman–Crippen MR) is 102 cm³/mol. The van der Waals surface area contributed by atoms with Crippen LogP contribution in [-0.2, 0) is 16.1 Å². The Bertz CT molecular complexity index is 944. The lowest BCUT2D eigenvalue weighted by Gasteiger charge is -2.15. The number of ether oxygens (including phenoxy) is 1. The van der Waals surface area contributed by atoms with Crippen molar-refractivity contribution in [2.45, 2.75) is 11.9 Å². The van der Waals surface area contributed by atoms with Gasteiger partial charge in [0.25, 0.3) is 11.1 Å². The highest BCUT2D eigenvalue weighted by Gasteiger charge is 2.39. The Morgan fingerprint density at radius 1 is 1.14 bits per heavy atom. The molecule has 1 fully saturated rings. The lowest BCUT2D eigenvalue weighted by atomic mass is 10.1. The number of amides is 2. The molecule has 1 saturated heterocycles. The van der Waals surface area contributed by atoms with Gasteiger partial charge in [-0.25, -0.2) is 9.59 Å². The van der Waals surface area contributed by atoms with E-state index in [9.17, 15) is 19.2 Å². The fraction of sp³-hybridized carbons (Fsp3) is 0.158. The number of carbonyl (C=O) groups is 4. The Kier molecular flexibility index (Phi) is 5.65. The van der Waals surface area contributed by atoms with Crippen molar-refractivity contribution < 1.29 is 29.0 Å². The Balaban J connectivity index is 1.70. The minimum absolute atomic E-state index is 0.0334. The highest BCUT2D eigenvalue weighted by molar-refractivity contribution is 8.15. The van der Waals surface area contributed by atoms with Crippen molar-refractivity contribution in [3.8, 4) is 0 Å². The molecule has 0 bridgehead atoms. The SMILES string of the molecule is COC(=O)c1cccc(CN2C(=O)S[C@H](Nc3ccc(C(=O)O)cc3)C2=O)c1. The number of carboxylic acids is 1. The average molecular weight is 400 g/mol. The van der Waals surface area contributed by atoms with Crippen molar-refractivity contribution in [2.75, 3.05) is 12.4 Å². The fourth-order valence-electron chi connectivity index (χ4n) is 2.64. The molecule has 0 aliphatic carbocycles. The quantitative estimate of drug-likeness (QED) is 0.712. The van der Waals surface area contributed by atoms with Crippen molar-refractivity contribution >= 4 is 40.5 Å². The zero-order valence-electron chi connectivity index (χ0n) is 14.7. The molecule has 1 atom stereocenters. The normalized spacial score (nSPS) is 16.2. The summed E-state index contributed by atoms with van der Waals surface area (Å²) in [7, 11) is 1.28. The molecular formula is C19H16N2O6S. The Labute approximate surface area is 164 Å². The monoisotopic (exact) mass is 400 g/mol. The van der Waals surface area contributed by atoms with Crippen LogP contribution in [-0.4, -0.2) is 45.6 Å². The van der Waals surface area contributed by atoms with Gasteiger partial charge in [-0.05, 0) is 53.7 Å². The number of aromatic carboxylic acids is 1.